The number of nitrogens with one attached hydrogen (secondary N) is 2. The number of hydrogen-bond donors (Lipinski definition) is 3. The molecule has 0 aliphatic carbocycles. The normalized spacial score (nSPS) is 10.4. The lowest BCUT2D eigenvalue weighted by Crippen LogP contribution is -2.11. The minimum absolute atomic E-state index is 0.0982. The molecule has 4 N–H and O–H groups in total. The van der Waals surface area contributed by atoms with Gasteiger partial charge in [-0.2, -0.15) is 0 Å². The van der Waals surface area contributed by atoms with Gasteiger partial charge in [0, 0.05) is 12.6 Å². The number of anilines is 2. The second kappa shape index (κ2) is 6.74. The predicted octanol–water partition coefficient (Wildman–Crippen LogP) is 2.89. The number of nitrogens with zero attached hydrogens (tertiary/aromatic N) is 2. The molecule has 0 aliphatic rings. The van der Waals surface area contributed by atoms with E-state index in [4.69, 9.17) is 17.4 Å². The average Bonchev–Trinajstić information content (AvgIpc) is 2.48. The van der Waals surface area contributed by atoms with Crippen LogP contribution in [0.1, 0.15) is 5.56 Å². The molecule has 0 radical (unpaired) electrons. The number of halogens is 2. The number of rotatable bonds is 5. The van der Waals surface area contributed by atoms with E-state index in [9.17, 15) is 4.39 Å². The molecule has 2 rings (SSSR count). The van der Waals surface area contributed by atoms with Crippen LogP contribution in [0.5, 0.6) is 0 Å². The first kappa shape index (κ1) is 14.8. The van der Waals surface area contributed by atoms with Gasteiger partial charge in [0.15, 0.2) is 5.16 Å². The molecular formula is C12H13ClFN5S. The Kier molecular flexibility index (Phi) is 4.99. The third-order valence-corrected chi connectivity index (χ3v) is 3.33. The Morgan fingerprint density at radius 1 is 1.30 bits per heavy atom. The molecule has 0 amide bonds. The van der Waals surface area contributed by atoms with Crippen LogP contribution < -0.4 is 16.6 Å². The van der Waals surface area contributed by atoms with Crippen LogP contribution in [0.4, 0.5) is 16.0 Å². The minimum atomic E-state index is -0.434. The van der Waals surface area contributed by atoms with Crippen LogP contribution in [0.2, 0.25) is 5.02 Å². The lowest BCUT2D eigenvalue weighted by Gasteiger charge is -2.09. The quantitative estimate of drug-likeness (QED) is 0.341. The number of aromatic nitrogens is 2. The van der Waals surface area contributed by atoms with Crippen molar-refractivity contribution in [1.82, 2.24) is 9.97 Å². The van der Waals surface area contributed by atoms with E-state index in [0.717, 1.165) is 5.56 Å². The van der Waals surface area contributed by atoms with Crippen LogP contribution in [0.25, 0.3) is 0 Å². The van der Waals surface area contributed by atoms with Crippen LogP contribution in [0.3, 0.4) is 0 Å². The Labute approximate surface area is 125 Å². The molecule has 20 heavy (non-hydrogen) atoms. The summed E-state index contributed by atoms with van der Waals surface area (Å²) in [7, 11) is 0. The maximum atomic E-state index is 13.1. The summed E-state index contributed by atoms with van der Waals surface area (Å²) in [6, 6.07) is 6.25. The highest BCUT2D eigenvalue weighted by Gasteiger charge is 2.04. The predicted molar refractivity (Wildman–Crippen MR) is 80.4 cm³/mol. The van der Waals surface area contributed by atoms with Crippen molar-refractivity contribution in [3.05, 3.63) is 40.7 Å². The molecule has 1 aromatic carbocycles. The molecule has 1 aromatic heterocycles. The van der Waals surface area contributed by atoms with Crippen LogP contribution in [0, 0.1) is 5.82 Å². The molecule has 1 heterocycles. The molecule has 0 fully saturated rings. The molecule has 0 saturated carbocycles. The molecule has 106 valence electrons. The Hall–Kier alpha value is -1.57. The number of thioether (sulfide) groups is 1. The Morgan fingerprint density at radius 3 is 2.70 bits per heavy atom. The summed E-state index contributed by atoms with van der Waals surface area (Å²) in [5, 5.41) is 3.81. The van der Waals surface area contributed by atoms with Crippen LogP contribution in [-0.2, 0) is 6.54 Å². The smallest absolute Gasteiger partial charge is 0.191 e. The number of nitrogens with two attached hydrogens (primary N) is 1. The molecule has 0 unspecified atom stereocenters. The van der Waals surface area contributed by atoms with Crippen LogP contribution in [-0.4, -0.2) is 16.2 Å². The summed E-state index contributed by atoms with van der Waals surface area (Å²) in [5.41, 5.74) is 3.33. The van der Waals surface area contributed by atoms with Gasteiger partial charge in [-0.25, -0.2) is 20.2 Å². The molecule has 0 atom stereocenters. The summed E-state index contributed by atoms with van der Waals surface area (Å²) in [6.07, 6.45) is 1.87. The van der Waals surface area contributed by atoms with E-state index in [1.54, 1.807) is 18.2 Å². The number of hydrogen-bond acceptors (Lipinski definition) is 6. The lowest BCUT2D eigenvalue weighted by molar-refractivity contribution is 0.627. The summed E-state index contributed by atoms with van der Waals surface area (Å²) in [5.74, 6) is 6.06. The summed E-state index contributed by atoms with van der Waals surface area (Å²) >= 11 is 7.14. The zero-order valence-electron chi connectivity index (χ0n) is 10.7. The van der Waals surface area contributed by atoms with Gasteiger partial charge in [0.1, 0.15) is 17.5 Å². The molecule has 5 nitrogen and oxygen atoms in total. The van der Waals surface area contributed by atoms with Gasteiger partial charge in [0.05, 0.1) is 5.02 Å². The maximum Gasteiger partial charge on any atom is 0.191 e. The topological polar surface area (TPSA) is 75.9 Å². The molecule has 2 aromatic rings. The second-order valence-electron chi connectivity index (χ2n) is 3.87. The first-order valence-electron chi connectivity index (χ1n) is 5.70. The van der Waals surface area contributed by atoms with E-state index in [-0.39, 0.29) is 5.02 Å². The summed E-state index contributed by atoms with van der Waals surface area (Å²) in [4.78, 5) is 8.45. The summed E-state index contributed by atoms with van der Waals surface area (Å²) in [6.45, 7) is 0.467. The highest BCUT2D eigenvalue weighted by Crippen LogP contribution is 2.19. The van der Waals surface area contributed by atoms with Crippen molar-refractivity contribution in [3.8, 4) is 0 Å². The van der Waals surface area contributed by atoms with Gasteiger partial charge < -0.3 is 10.7 Å². The van der Waals surface area contributed by atoms with Crippen molar-refractivity contribution in [2.45, 2.75) is 11.7 Å². The van der Waals surface area contributed by atoms with Gasteiger partial charge in [0.25, 0.3) is 0 Å². The zero-order chi connectivity index (χ0) is 14.5. The van der Waals surface area contributed by atoms with Gasteiger partial charge in [0.2, 0.25) is 0 Å². The van der Waals surface area contributed by atoms with Gasteiger partial charge in [-0.15, -0.1) is 0 Å². The van der Waals surface area contributed by atoms with Crippen molar-refractivity contribution < 1.29 is 4.39 Å². The monoisotopic (exact) mass is 313 g/mol. The largest absolute Gasteiger partial charge is 0.366 e. The number of benzene rings is 1. The highest BCUT2D eigenvalue weighted by molar-refractivity contribution is 7.98. The standard InChI is InChI=1S/C12H13ClFN5S/c1-20-12-17-10(5-11(18-12)19-15)16-6-7-2-3-9(14)8(13)4-7/h2-5H,6,15H2,1H3,(H2,16,17,18,19). The average molecular weight is 314 g/mol. The van der Waals surface area contributed by atoms with Gasteiger partial charge in [-0.1, -0.05) is 29.4 Å². The number of nitrogen functional groups attached to an aromatic ring is 1. The van der Waals surface area contributed by atoms with Crippen molar-refractivity contribution in [2.24, 2.45) is 5.84 Å². The van der Waals surface area contributed by atoms with E-state index < -0.39 is 5.82 Å². The fourth-order valence-corrected chi connectivity index (χ4v) is 2.11. The molecule has 0 saturated heterocycles. The maximum absolute atomic E-state index is 13.1. The van der Waals surface area contributed by atoms with E-state index in [0.29, 0.717) is 23.3 Å². The SMILES string of the molecule is CSc1nc(NN)cc(NCc2ccc(F)c(Cl)c2)n1. The molecule has 0 aliphatic heterocycles. The Balaban J connectivity index is 2.11. The summed E-state index contributed by atoms with van der Waals surface area (Å²) < 4.78 is 13.1. The highest BCUT2D eigenvalue weighted by atomic mass is 35.5. The van der Waals surface area contributed by atoms with E-state index in [1.807, 2.05) is 6.26 Å². The third-order valence-electron chi connectivity index (χ3n) is 2.49. The van der Waals surface area contributed by atoms with Crippen LogP contribution >= 0.6 is 23.4 Å². The van der Waals surface area contributed by atoms with Crippen molar-refractivity contribution >= 4 is 35.0 Å². The number of hydrazine groups is 1. The fourth-order valence-electron chi connectivity index (χ4n) is 1.52. The first-order valence-corrected chi connectivity index (χ1v) is 7.30. The van der Waals surface area contributed by atoms with Gasteiger partial charge >= 0.3 is 0 Å². The van der Waals surface area contributed by atoms with Gasteiger partial charge in [-0.3, -0.25) is 0 Å². The molecule has 0 bridgehead atoms. The fraction of sp³-hybridized carbons (Fsp3) is 0.167. The third kappa shape index (κ3) is 3.72. The van der Waals surface area contributed by atoms with E-state index in [2.05, 4.69) is 20.7 Å². The molecule has 0 spiro atoms. The van der Waals surface area contributed by atoms with E-state index >= 15 is 0 Å². The second-order valence-corrected chi connectivity index (χ2v) is 5.05. The Morgan fingerprint density at radius 2 is 2.05 bits per heavy atom. The van der Waals surface area contributed by atoms with E-state index in [1.165, 1.54) is 17.8 Å². The zero-order valence-corrected chi connectivity index (χ0v) is 12.2. The van der Waals surface area contributed by atoms with Crippen molar-refractivity contribution in [2.75, 3.05) is 17.0 Å². The minimum Gasteiger partial charge on any atom is -0.366 e. The van der Waals surface area contributed by atoms with Gasteiger partial charge in [-0.05, 0) is 24.0 Å². The van der Waals surface area contributed by atoms with Crippen molar-refractivity contribution in [3.63, 3.8) is 0 Å². The van der Waals surface area contributed by atoms with Crippen molar-refractivity contribution in [1.29, 1.82) is 0 Å². The Bertz CT molecular complexity index is 588. The van der Waals surface area contributed by atoms with Crippen LogP contribution in [0.15, 0.2) is 29.4 Å². The first-order chi connectivity index (χ1) is 9.62. The molecular weight excluding hydrogens is 301 g/mol. The lowest BCUT2D eigenvalue weighted by atomic mass is 10.2. The molecule has 8 heteroatoms.